The van der Waals surface area contributed by atoms with E-state index in [1.54, 1.807) is 0 Å². The van der Waals surface area contributed by atoms with Crippen molar-refractivity contribution in [2.45, 2.75) is 5.54 Å². The summed E-state index contributed by atoms with van der Waals surface area (Å²) in [5.74, 6) is 0.375. The zero-order valence-corrected chi connectivity index (χ0v) is 14.6. The van der Waals surface area contributed by atoms with Gasteiger partial charge in [0.05, 0.1) is 11.0 Å². The average Bonchev–Trinajstić information content (AvgIpc) is 3.36. The second-order valence-corrected chi connectivity index (χ2v) is 7.03. The number of para-hydroxylation sites is 2. The first kappa shape index (κ1) is 15.2. The minimum Gasteiger partial charge on any atom is -0.338 e. The van der Waals surface area contributed by atoms with Crippen molar-refractivity contribution in [3.8, 4) is 22.5 Å². The van der Waals surface area contributed by atoms with Crippen molar-refractivity contribution in [1.29, 1.82) is 0 Å². The molecule has 0 radical (unpaired) electrons. The summed E-state index contributed by atoms with van der Waals surface area (Å²) in [5, 5.41) is 5.27. The van der Waals surface area contributed by atoms with Crippen LogP contribution in [0, 0.1) is 0 Å². The van der Waals surface area contributed by atoms with E-state index in [0.29, 0.717) is 0 Å². The van der Waals surface area contributed by atoms with E-state index in [1.807, 2.05) is 66.7 Å². The standard InChI is InChI=1S/C22H14N4O2/c27-20-22(26-21(28)25-20)14-8-2-1-6-12(14)18-13(7-5-9-15(18)22)19-23-16-10-3-4-11-17(16)24-19/h1-11H,(H,23,24)(H2,25,26,27,28). The number of nitrogens with one attached hydrogen (secondary N) is 3. The lowest BCUT2D eigenvalue weighted by atomic mass is 9.87. The number of amides is 3. The number of benzene rings is 3. The molecule has 6 heteroatoms. The van der Waals surface area contributed by atoms with Crippen LogP contribution in [0.3, 0.4) is 0 Å². The van der Waals surface area contributed by atoms with Gasteiger partial charge in [-0.25, -0.2) is 9.78 Å². The number of hydrogen-bond acceptors (Lipinski definition) is 3. The fourth-order valence-electron chi connectivity index (χ4n) is 4.44. The summed E-state index contributed by atoms with van der Waals surface area (Å²) < 4.78 is 0. The van der Waals surface area contributed by atoms with Gasteiger partial charge in [-0.1, -0.05) is 54.6 Å². The Morgan fingerprint density at radius 1 is 0.786 bits per heavy atom. The number of imidazole rings is 1. The Labute approximate surface area is 159 Å². The number of urea groups is 1. The number of aromatic nitrogens is 2. The molecule has 4 aromatic rings. The normalized spacial score (nSPS) is 19.6. The molecule has 1 saturated heterocycles. The molecule has 1 atom stereocenters. The Morgan fingerprint density at radius 2 is 1.54 bits per heavy atom. The highest BCUT2D eigenvalue weighted by Crippen LogP contribution is 2.51. The molecule has 1 spiro atoms. The van der Waals surface area contributed by atoms with E-state index in [9.17, 15) is 9.59 Å². The highest BCUT2D eigenvalue weighted by Gasteiger charge is 2.55. The first-order chi connectivity index (χ1) is 13.7. The lowest BCUT2D eigenvalue weighted by Gasteiger charge is -2.23. The van der Waals surface area contributed by atoms with Gasteiger partial charge in [0.2, 0.25) is 0 Å². The van der Waals surface area contributed by atoms with Crippen LogP contribution in [-0.2, 0) is 10.3 Å². The summed E-state index contributed by atoms with van der Waals surface area (Å²) >= 11 is 0. The molecule has 0 saturated carbocycles. The molecule has 1 aliphatic carbocycles. The van der Waals surface area contributed by atoms with Gasteiger partial charge < -0.3 is 10.3 Å². The van der Waals surface area contributed by atoms with Gasteiger partial charge in [-0.15, -0.1) is 0 Å². The number of carbonyl (C=O) groups excluding carboxylic acids is 2. The molecule has 6 nitrogen and oxygen atoms in total. The van der Waals surface area contributed by atoms with Gasteiger partial charge in [0.25, 0.3) is 5.91 Å². The van der Waals surface area contributed by atoms with Crippen molar-refractivity contribution in [3.05, 3.63) is 77.9 Å². The van der Waals surface area contributed by atoms with Gasteiger partial charge in [-0.05, 0) is 28.8 Å². The second-order valence-electron chi connectivity index (χ2n) is 7.03. The maximum Gasteiger partial charge on any atom is 0.322 e. The number of carbonyl (C=O) groups is 2. The van der Waals surface area contributed by atoms with Crippen LogP contribution in [0.2, 0.25) is 0 Å². The first-order valence-corrected chi connectivity index (χ1v) is 9.00. The van der Waals surface area contributed by atoms with Gasteiger partial charge in [0.1, 0.15) is 5.82 Å². The van der Waals surface area contributed by atoms with Crippen LogP contribution in [0.4, 0.5) is 4.79 Å². The zero-order chi connectivity index (χ0) is 18.9. The first-order valence-electron chi connectivity index (χ1n) is 9.00. The van der Waals surface area contributed by atoms with E-state index in [1.165, 1.54) is 0 Å². The van der Waals surface area contributed by atoms with E-state index >= 15 is 0 Å². The monoisotopic (exact) mass is 366 g/mol. The fourth-order valence-corrected chi connectivity index (χ4v) is 4.44. The Kier molecular flexibility index (Phi) is 2.75. The third kappa shape index (κ3) is 1.74. The van der Waals surface area contributed by atoms with E-state index in [0.717, 1.165) is 44.7 Å². The van der Waals surface area contributed by atoms with Crippen LogP contribution in [0.25, 0.3) is 33.5 Å². The van der Waals surface area contributed by atoms with Crippen molar-refractivity contribution < 1.29 is 9.59 Å². The smallest absolute Gasteiger partial charge is 0.322 e. The molecule has 2 heterocycles. The summed E-state index contributed by atoms with van der Waals surface area (Å²) in [6.45, 7) is 0. The predicted octanol–water partition coefficient (Wildman–Crippen LogP) is 3.29. The predicted molar refractivity (Wildman–Crippen MR) is 104 cm³/mol. The lowest BCUT2D eigenvalue weighted by molar-refractivity contribution is -0.122. The van der Waals surface area contributed by atoms with E-state index in [4.69, 9.17) is 4.98 Å². The van der Waals surface area contributed by atoms with E-state index < -0.39 is 11.6 Å². The Hall–Kier alpha value is -3.93. The molecule has 0 bridgehead atoms. The molecular weight excluding hydrogens is 352 g/mol. The van der Waals surface area contributed by atoms with Gasteiger partial charge in [-0.2, -0.15) is 0 Å². The lowest BCUT2D eigenvalue weighted by Crippen LogP contribution is -2.43. The number of fused-ring (bicyclic) bond motifs is 6. The molecule has 6 rings (SSSR count). The summed E-state index contributed by atoms with van der Waals surface area (Å²) in [5.41, 5.74) is 4.88. The van der Waals surface area contributed by atoms with Crippen molar-refractivity contribution in [2.75, 3.05) is 0 Å². The van der Waals surface area contributed by atoms with E-state index in [-0.39, 0.29) is 5.91 Å². The van der Waals surface area contributed by atoms with Crippen molar-refractivity contribution >= 4 is 23.0 Å². The summed E-state index contributed by atoms with van der Waals surface area (Å²) in [6, 6.07) is 20.8. The highest BCUT2D eigenvalue weighted by molar-refractivity contribution is 6.14. The second kappa shape index (κ2) is 5.07. The third-order valence-corrected chi connectivity index (χ3v) is 5.58. The van der Waals surface area contributed by atoms with Crippen molar-refractivity contribution in [3.63, 3.8) is 0 Å². The third-order valence-electron chi connectivity index (χ3n) is 5.58. The molecule has 28 heavy (non-hydrogen) atoms. The minimum atomic E-state index is -1.20. The Bertz CT molecular complexity index is 1290. The van der Waals surface area contributed by atoms with Gasteiger partial charge in [-0.3, -0.25) is 10.1 Å². The number of rotatable bonds is 1. The van der Waals surface area contributed by atoms with Crippen LogP contribution in [0.15, 0.2) is 66.7 Å². The van der Waals surface area contributed by atoms with Crippen LogP contribution in [0.1, 0.15) is 11.1 Å². The molecule has 1 aromatic heterocycles. The quantitative estimate of drug-likeness (QED) is 0.452. The number of nitrogens with zero attached hydrogens (tertiary/aromatic N) is 1. The molecular formula is C22H14N4O2. The summed E-state index contributed by atoms with van der Waals surface area (Å²) in [6.07, 6.45) is 0. The maximum atomic E-state index is 12.9. The largest absolute Gasteiger partial charge is 0.338 e. The molecule has 1 aliphatic heterocycles. The van der Waals surface area contributed by atoms with Gasteiger partial charge >= 0.3 is 6.03 Å². The fraction of sp³-hybridized carbons (Fsp3) is 0.0455. The maximum absolute atomic E-state index is 12.9. The molecule has 3 N–H and O–H groups in total. The average molecular weight is 366 g/mol. The number of hydrogen-bond donors (Lipinski definition) is 3. The van der Waals surface area contributed by atoms with E-state index in [2.05, 4.69) is 15.6 Å². The molecule has 2 aliphatic rings. The van der Waals surface area contributed by atoms with Crippen LogP contribution in [-0.4, -0.2) is 21.9 Å². The Morgan fingerprint density at radius 3 is 2.36 bits per heavy atom. The summed E-state index contributed by atoms with van der Waals surface area (Å²) in [4.78, 5) is 33.1. The highest BCUT2D eigenvalue weighted by atomic mass is 16.2. The van der Waals surface area contributed by atoms with Gasteiger partial charge in [0.15, 0.2) is 5.54 Å². The zero-order valence-electron chi connectivity index (χ0n) is 14.6. The number of H-pyrrole nitrogens is 1. The molecule has 3 amide bonds. The van der Waals surface area contributed by atoms with Crippen molar-refractivity contribution in [1.82, 2.24) is 20.6 Å². The van der Waals surface area contributed by atoms with Gasteiger partial charge in [0, 0.05) is 11.1 Å². The Balaban J connectivity index is 1.69. The topological polar surface area (TPSA) is 86.9 Å². The summed E-state index contributed by atoms with van der Waals surface area (Å²) in [7, 11) is 0. The minimum absolute atomic E-state index is 0.356. The van der Waals surface area contributed by atoms with Crippen LogP contribution >= 0.6 is 0 Å². The molecule has 1 fully saturated rings. The van der Waals surface area contributed by atoms with Crippen LogP contribution < -0.4 is 10.6 Å². The molecule has 1 unspecified atom stereocenters. The van der Waals surface area contributed by atoms with Crippen molar-refractivity contribution in [2.24, 2.45) is 0 Å². The molecule has 134 valence electrons. The number of imide groups is 1. The number of aromatic amines is 1. The SMILES string of the molecule is O=C1NC(=O)C2(N1)c1ccccc1-c1c(-c3nc4ccccc4[nH]3)cccc12. The van der Waals surface area contributed by atoms with Crippen LogP contribution in [0.5, 0.6) is 0 Å². The molecule has 3 aromatic carbocycles.